The number of carbonyl (C=O) groups excluding carboxylic acids is 2. The van der Waals surface area contributed by atoms with E-state index in [-0.39, 0.29) is 24.0 Å². The minimum atomic E-state index is -1.20. The Morgan fingerprint density at radius 2 is 1.95 bits per heavy atom. The lowest BCUT2D eigenvalue weighted by molar-refractivity contribution is -0.0434. The second-order valence-corrected chi connectivity index (χ2v) is 18.2. The molecule has 12 nitrogen and oxygen atoms in total. The number of amides is 2. The van der Waals surface area contributed by atoms with Gasteiger partial charge in [-0.3, -0.25) is 9.89 Å². The van der Waals surface area contributed by atoms with Gasteiger partial charge < -0.3 is 29.6 Å². The molecule has 0 spiro atoms. The van der Waals surface area contributed by atoms with Gasteiger partial charge in [0.2, 0.25) is 0 Å². The molecule has 2 aliphatic rings. The van der Waals surface area contributed by atoms with E-state index in [1.807, 2.05) is 26.0 Å². The molecule has 2 fully saturated rings. The molecule has 5 rings (SSSR count). The van der Waals surface area contributed by atoms with E-state index in [2.05, 4.69) is 45.6 Å². The zero-order valence-corrected chi connectivity index (χ0v) is 26.1. The van der Waals surface area contributed by atoms with Gasteiger partial charge in [-0.2, -0.15) is 10.2 Å². The van der Waals surface area contributed by atoms with Crippen LogP contribution >= 0.6 is 0 Å². The first-order valence-corrected chi connectivity index (χ1v) is 18.4. The van der Waals surface area contributed by atoms with Gasteiger partial charge in [-0.25, -0.2) is 9.48 Å². The van der Waals surface area contributed by atoms with E-state index in [1.54, 1.807) is 16.9 Å². The average Bonchev–Trinajstić information content (AvgIpc) is 3.72. The molecule has 3 N–H and O–H groups in total. The van der Waals surface area contributed by atoms with Crippen LogP contribution in [0.3, 0.4) is 0 Å². The number of alkyl carbamates (subject to hydrolysis) is 1. The summed E-state index contributed by atoms with van der Waals surface area (Å²) in [6.07, 6.45) is 2.96. The van der Waals surface area contributed by atoms with Crippen LogP contribution in [0.2, 0.25) is 25.7 Å². The molecule has 2 aromatic heterocycles. The van der Waals surface area contributed by atoms with Crippen LogP contribution in [0.5, 0.6) is 0 Å². The van der Waals surface area contributed by atoms with Crippen molar-refractivity contribution in [3.8, 4) is 0 Å². The van der Waals surface area contributed by atoms with E-state index in [0.29, 0.717) is 44.4 Å². The quantitative estimate of drug-likeness (QED) is 0.204. The lowest BCUT2D eigenvalue weighted by Crippen LogP contribution is -2.33. The number of fused-ring (bicyclic) bond motifs is 1. The molecule has 1 aliphatic heterocycles. The molecular weight excluding hydrogens is 556 g/mol. The van der Waals surface area contributed by atoms with E-state index < -0.39 is 20.5 Å². The number of aromatic amines is 1. The summed E-state index contributed by atoms with van der Waals surface area (Å²) in [6.45, 7) is 12.7. The number of carbonyl (C=O) groups is 2. The first kappa shape index (κ1) is 30.2. The summed E-state index contributed by atoms with van der Waals surface area (Å²) in [4.78, 5) is 25.3. The highest BCUT2D eigenvalue weighted by Gasteiger charge is 2.30. The van der Waals surface area contributed by atoms with Crippen molar-refractivity contribution in [2.24, 2.45) is 0 Å². The van der Waals surface area contributed by atoms with Crippen LogP contribution in [0.25, 0.3) is 10.9 Å². The average molecular weight is 599 g/mol. The number of H-pyrrole nitrogens is 1. The Labute approximate surface area is 246 Å². The van der Waals surface area contributed by atoms with Gasteiger partial charge in [-0.05, 0) is 51.3 Å². The summed E-state index contributed by atoms with van der Waals surface area (Å²) in [6, 6.07) is 6.54. The number of nitrogens with one attached hydrogen (secondary N) is 3. The molecule has 2 amide bonds. The number of hydrogen-bond donors (Lipinski definition) is 3. The predicted molar refractivity (Wildman–Crippen MR) is 160 cm³/mol. The summed E-state index contributed by atoms with van der Waals surface area (Å²) in [7, 11) is -1.20. The maximum atomic E-state index is 13.4. The first-order chi connectivity index (χ1) is 20.1. The van der Waals surface area contributed by atoms with E-state index >= 15 is 0 Å². The molecule has 3 aromatic rings. The van der Waals surface area contributed by atoms with Gasteiger partial charge in [0.1, 0.15) is 12.8 Å². The number of anilines is 1. The van der Waals surface area contributed by atoms with Crippen LogP contribution in [0, 0.1) is 0 Å². The van der Waals surface area contributed by atoms with E-state index in [9.17, 15) is 9.59 Å². The predicted octanol–water partition coefficient (Wildman–Crippen LogP) is 5.14. The Balaban J connectivity index is 1.26. The summed E-state index contributed by atoms with van der Waals surface area (Å²) in [5.41, 5.74) is 2.92. The minimum Gasteiger partial charge on any atom is -0.446 e. The Hall–Kier alpha value is -3.26. The Kier molecular flexibility index (Phi) is 9.31. The largest absolute Gasteiger partial charge is 0.446 e. The van der Waals surface area contributed by atoms with Crippen molar-refractivity contribution in [2.75, 3.05) is 25.1 Å². The van der Waals surface area contributed by atoms with Gasteiger partial charge in [-0.15, -0.1) is 0 Å². The molecule has 3 heterocycles. The van der Waals surface area contributed by atoms with Gasteiger partial charge >= 0.3 is 6.09 Å². The van der Waals surface area contributed by atoms with Crippen molar-refractivity contribution < 1.29 is 28.5 Å². The van der Waals surface area contributed by atoms with Crippen molar-refractivity contribution in [3.05, 3.63) is 41.2 Å². The fourth-order valence-corrected chi connectivity index (χ4v) is 6.05. The van der Waals surface area contributed by atoms with Gasteiger partial charge in [0.25, 0.3) is 5.91 Å². The van der Waals surface area contributed by atoms with E-state index in [1.165, 1.54) is 0 Å². The van der Waals surface area contributed by atoms with Gasteiger partial charge in [-0.1, -0.05) is 19.6 Å². The molecule has 1 aliphatic carbocycles. The maximum absolute atomic E-state index is 13.4. The summed E-state index contributed by atoms with van der Waals surface area (Å²) in [5.74, 6) is 0.295. The molecule has 2 atom stereocenters. The number of hydrogen-bond acceptors (Lipinski definition) is 8. The smallest absolute Gasteiger partial charge is 0.407 e. The number of ether oxygens (including phenoxy) is 4. The molecule has 13 heteroatoms. The fourth-order valence-electron chi connectivity index (χ4n) is 5.29. The summed E-state index contributed by atoms with van der Waals surface area (Å²) < 4.78 is 24.9. The zero-order valence-electron chi connectivity index (χ0n) is 25.1. The molecule has 0 bridgehead atoms. The van der Waals surface area contributed by atoms with Crippen molar-refractivity contribution in [1.82, 2.24) is 25.3 Å². The van der Waals surface area contributed by atoms with Crippen molar-refractivity contribution in [2.45, 2.75) is 89.9 Å². The van der Waals surface area contributed by atoms with Crippen molar-refractivity contribution in [3.63, 3.8) is 0 Å². The highest BCUT2D eigenvalue weighted by Crippen LogP contribution is 2.36. The van der Waals surface area contributed by atoms with Crippen LogP contribution in [-0.2, 0) is 25.7 Å². The second kappa shape index (κ2) is 12.9. The van der Waals surface area contributed by atoms with Gasteiger partial charge in [0.15, 0.2) is 12.1 Å². The Bertz CT molecular complexity index is 1390. The third-order valence-corrected chi connectivity index (χ3v) is 9.16. The first-order valence-electron chi connectivity index (χ1n) is 14.7. The van der Waals surface area contributed by atoms with Crippen molar-refractivity contribution in [1.29, 1.82) is 0 Å². The molecule has 1 aromatic carbocycles. The van der Waals surface area contributed by atoms with Crippen LogP contribution < -0.4 is 10.6 Å². The number of rotatable bonds is 11. The van der Waals surface area contributed by atoms with Gasteiger partial charge in [0, 0.05) is 54.9 Å². The maximum Gasteiger partial charge on any atom is 0.407 e. The summed E-state index contributed by atoms with van der Waals surface area (Å²) >= 11 is 0. The fraction of sp³-hybridized carbons (Fsp3) is 0.586. The monoisotopic (exact) mass is 598 g/mol. The normalized spacial score (nSPS) is 19.6. The third-order valence-electron chi connectivity index (χ3n) is 7.45. The highest BCUT2D eigenvalue weighted by molar-refractivity contribution is 6.76. The Morgan fingerprint density at radius 3 is 2.69 bits per heavy atom. The minimum absolute atomic E-state index is 0.0262. The molecular formula is C29H42N6O6Si. The second-order valence-electron chi connectivity index (χ2n) is 12.6. The van der Waals surface area contributed by atoms with Crippen LogP contribution in [-0.4, -0.2) is 72.0 Å². The number of aromatic nitrogens is 4. The topological polar surface area (TPSA) is 142 Å². The van der Waals surface area contributed by atoms with Crippen LogP contribution in [0.4, 0.5) is 10.6 Å². The zero-order chi connectivity index (χ0) is 29.9. The molecule has 0 radical (unpaired) electrons. The van der Waals surface area contributed by atoms with E-state index in [0.717, 1.165) is 41.0 Å². The molecule has 42 heavy (non-hydrogen) atoms. The highest BCUT2D eigenvalue weighted by atomic mass is 28.3. The molecule has 228 valence electrons. The number of benzene rings is 1. The van der Waals surface area contributed by atoms with Crippen molar-refractivity contribution >= 4 is 36.8 Å². The lowest BCUT2D eigenvalue weighted by atomic mass is 10.0. The summed E-state index contributed by atoms with van der Waals surface area (Å²) in [5, 5.41) is 18.4. The molecule has 1 saturated heterocycles. The SMILES string of the molecule is CC(C)NC(=O)O[C@@H]1CC[C@H](c2cc(NC(=O)c3cc(C4OCCO4)c4c(cnn4COCC[Si](C)(C)C)c3)n[nH]2)C1. The number of nitrogens with zero attached hydrogens (tertiary/aromatic N) is 3. The third kappa shape index (κ3) is 7.57. The Morgan fingerprint density at radius 1 is 1.17 bits per heavy atom. The standard InChI is InChI=1S/C29H42N6O6Si/c1-18(2)31-29(37)41-22-7-6-19(13-22)24-15-25(34-33-24)32-27(36)20-12-21-16-30-35(17-38-10-11-42(3,4)5)26(21)23(14-20)28-39-8-9-40-28/h12,14-16,18-19,22,28H,6-11,13,17H2,1-5H3,(H,31,37)(H2,32,33,34,36)/t19-,22+/m0/s1. The van der Waals surface area contributed by atoms with Gasteiger partial charge in [0.05, 0.1) is 24.9 Å². The molecule has 1 saturated carbocycles. The van der Waals surface area contributed by atoms with E-state index in [4.69, 9.17) is 18.9 Å². The molecule has 0 unspecified atom stereocenters. The lowest BCUT2D eigenvalue weighted by Gasteiger charge is -2.17. The van der Waals surface area contributed by atoms with Crippen LogP contribution in [0.15, 0.2) is 24.4 Å². The van der Waals surface area contributed by atoms with Crippen LogP contribution in [0.1, 0.15) is 66.9 Å².